The molecule has 1 aliphatic heterocycles. The molecule has 0 aliphatic carbocycles. The van der Waals surface area contributed by atoms with Crippen molar-refractivity contribution in [3.05, 3.63) is 47.0 Å². The van der Waals surface area contributed by atoms with Gasteiger partial charge in [0.1, 0.15) is 5.75 Å². The molecule has 2 aromatic carbocycles. The highest BCUT2D eigenvalue weighted by Crippen LogP contribution is 2.41. The maximum atomic E-state index is 10.4. The Bertz CT molecular complexity index is 879. The minimum Gasteiger partial charge on any atom is -0.508 e. The summed E-state index contributed by atoms with van der Waals surface area (Å²) >= 11 is 0. The summed E-state index contributed by atoms with van der Waals surface area (Å²) in [7, 11) is 1.42. The monoisotopic (exact) mass is 430 g/mol. The van der Waals surface area contributed by atoms with Crippen molar-refractivity contribution >= 4 is 0 Å². The van der Waals surface area contributed by atoms with Crippen molar-refractivity contribution < 1.29 is 29.9 Å². The third kappa shape index (κ3) is 6.05. The number of aliphatic hydroxyl groups excluding tert-OH is 1. The number of benzene rings is 2. The number of phenolic OH excluding ortho intramolecular Hbond substituents is 3. The average molecular weight is 431 g/mol. The van der Waals surface area contributed by atoms with Gasteiger partial charge in [-0.25, -0.2) is 0 Å². The second kappa shape index (κ2) is 10.2. The molecular formula is C25H34O6. The molecule has 0 radical (unpaired) electrons. The SMILES string of the molecule is COc1cc([C@@H]2C[C@H](O)C[C@H](CCc3ccc(O)c(CCC(C)C)c3)O2)cc(O)c1O. The predicted octanol–water partition coefficient (Wildman–Crippen LogP) is 4.61. The number of methoxy groups -OCH3 is 1. The van der Waals surface area contributed by atoms with Crippen LogP contribution in [-0.4, -0.2) is 39.7 Å². The molecular weight excluding hydrogens is 396 g/mol. The van der Waals surface area contributed by atoms with Crippen LogP contribution in [0.25, 0.3) is 0 Å². The van der Waals surface area contributed by atoms with Gasteiger partial charge >= 0.3 is 0 Å². The largest absolute Gasteiger partial charge is 0.508 e. The first kappa shape index (κ1) is 23.2. The molecule has 170 valence electrons. The van der Waals surface area contributed by atoms with Crippen molar-refractivity contribution in [2.45, 2.75) is 70.7 Å². The fourth-order valence-electron chi connectivity index (χ4n) is 4.11. The first-order valence-corrected chi connectivity index (χ1v) is 11.0. The number of rotatable bonds is 8. The Morgan fingerprint density at radius 2 is 1.81 bits per heavy atom. The van der Waals surface area contributed by atoms with Gasteiger partial charge in [0.2, 0.25) is 5.75 Å². The standard InChI is InChI=1S/C25H34O6/c1-15(2)4-7-17-10-16(6-9-21(17)27)5-8-20-13-19(26)14-23(31-20)18-11-22(28)25(29)24(12-18)30-3/h6,9-12,15,19-20,23,26-29H,4-5,7-8,13-14H2,1-3H3/t19-,20+,23+/m1/s1. The maximum absolute atomic E-state index is 10.4. The lowest BCUT2D eigenvalue weighted by Crippen LogP contribution is -2.31. The minimum absolute atomic E-state index is 0.136. The fraction of sp³-hybridized carbons (Fsp3) is 0.520. The highest BCUT2D eigenvalue weighted by atomic mass is 16.5. The summed E-state index contributed by atoms with van der Waals surface area (Å²) in [5.74, 6) is 0.519. The highest BCUT2D eigenvalue weighted by Gasteiger charge is 2.30. The third-order valence-electron chi connectivity index (χ3n) is 5.94. The molecule has 0 saturated carbocycles. The Morgan fingerprint density at radius 3 is 2.52 bits per heavy atom. The van der Waals surface area contributed by atoms with Crippen LogP contribution < -0.4 is 4.74 Å². The third-order valence-corrected chi connectivity index (χ3v) is 5.94. The number of hydrogen-bond acceptors (Lipinski definition) is 6. The summed E-state index contributed by atoms with van der Waals surface area (Å²) in [6, 6.07) is 8.86. The van der Waals surface area contributed by atoms with Crippen molar-refractivity contribution in [3.63, 3.8) is 0 Å². The Hall–Kier alpha value is -2.44. The Morgan fingerprint density at radius 1 is 1.03 bits per heavy atom. The molecule has 3 rings (SSSR count). The van der Waals surface area contributed by atoms with Crippen LogP contribution in [0.15, 0.2) is 30.3 Å². The fourth-order valence-corrected chi connectivity index (χ4v) is 4.11. The van der Waals surface area contributed by atoms with E-state index in [1.807, 2.05) is 6.07 Å². The molecule has 0 unspecified atom stereocenters. The van der Waals surface area contributed by atoms with Crippen molar-refractivity contribution in [1.82, 2.24) is 0 Å². The van der Waals surface area contributed by atoms with Gasteiger partial charge in [0.05, 0.1) is 25.4 Å². The minimum atomic E-state index is -0.507. The number of hydrogen-bond donors (Lipinski definition) is 4. The lowest BCUT2D eigenvalue weighted by Gasteiger charge is -2.34. The molecule has 1 saturated heterocycles. The van der Waals surface area contributed by atoms with E-state index < -0.39 is 12.2 Å². The second-order valence-corrected chi connectivity index (χ2v) is 8.90. The van der Waals surface area contributed by atoms with Gasteiger partial charge in [-0.3, -0.25) is 0 Å². The van der Waals surface area contributed by atoms with E-state index in [1.54, 1.807) is 12.1 Å². The van der Waals surface area contributed by atoms with E-state index in [2.05, 4.69) is 19.9 Å². The van der Waals surface area contributed by atoms with Gasteiger partial charge in [0.15, 0.2) is 11.5 Å². The molecule has 0 aromatic heterocycles. The summed E-state index contributed by atoms with van der Waals surface area (Å²) in [5.41, 5.74) is 2.78. The highest BCUT2D eigenvalue weighted by molar-refractivity contribution is 5.52. The molecule has 3 atom stereocenters. The van der Waals surface area contributed by atoms with Crippen LogP contribution in [0.1, 0.15) is 62.3 Å². The van der Waals surface area contributed by atoms with E-state index in [4.69, 9.17) is 9.47 Å². The maximum Gasteiger partial charge on any atom is 0.200 e. The molecule has 0 bridgehead atoms. The normalized spacial score (nSPS) is 21.4. The molecule has 1 fully saturated rings. The zero-order chi connectivity index (χ0) is 22.5. The quantitative estimate of drug-likeness (QED) is 0.456. The van der Waals surface area contributed by atoms with Crippen molar-refractivity contribution in [2.75, 3.05) is 7.11 Å². The predicted molar refractivity (Wildman–Crippen MR) is 119 cm³/mol. The molecule has 6 heteroatoms. The van der Waals surface area contributed by atoms with E-state index in [0.717, 1.165) is 36.8 Å². The Kier molecular flexibility index (Phi) is 7.68. The number of aliphatic hydroxyl groups is 1. The van der Waals surface area contributed by atoms with E-state index in [9.17, 15) is 20.4 Å². The molecule has 0 amide bonds. The van der Waals surface area contributed by atoms with Gasteiger partial charge in [0, 0.05) is 6.42 Å². The molecule has 4 N–H and O–H groups in total. The van der Waals surface area contributed by atoms with Crippen molar-refractivity contribution in [3.8, 4) is 23.0 Å². The molecule has 1 aliphatic rings. The van der Waals surface area contributed by atoms with E-state index in [-0.39, 0.29) is 23.4 Å². The lowest BCUT2D eigenvalue weighted by molar-refractivity contribution is -0.0999. The zero-order valence-electron chi connectivity index (χ0n) is 18.5. The van der Waals surface area contributed by atoms with Crippen molar-refractivity contribution in [2.24, 2.45) is 5.92 Å². The summed E-state index contributed by atoms with van der Waals surface area (Å²) in [6.07, 6.45) is 3.33. The smallest absolute Gasteiger partial charge is 0.200 e. The van der Waals surface area contributed by atoms with Gasteiger partial charge < -0.3 is 29.9 Å². The summed E-state index contributed by atoms with van der Waals surface area (Å²) in [4.78, 5) is 0. The number of aryl methyl sites for hydroxylation is 2. The van der Waals surface area contributed by atoms with Crippen LogP contribution in [-0.2, 0) is 17.6 Å². The first-order valence-electron chi connectivity index (χ1n) is 11.0. The first-order chi connectivity index (χ1) is 14.8. The van der Waals surface area contributed by atoms with E-state index >= 15 is 0 Å². The molecule has 31 heavy (non-hydrogen) atoms. The number of aromatic hydroxyl groups is 3. The number of phenols is 3. The zero-order valence-corrected chi connectivity index (χ0v) is 18.5. The van der Waals surface area contributed by atoms with Crippen LogP contribution in [0.2, 0.25) is 0 Å². The van der Waals surface area contributed by atoms with E-state index in [1.165, 1.54) is 13.2 Å². The van der Waals surface area contributed by atoms with Crippen LogP contribution in [0.5, 0.6) is 23.0 Å². The second-order valence-electron chi connectivity index (χ2n) is 8.90. The molecule has 0 spiro atoms. The summed E-state index contributed by atoms with van der Waals surface area (Å²) in [6.45, 7) is 4.35. The van der Waals surface area contributed by atoms with Gasteiger partial charge in [-0.15, -0.1) is 0 Å². The van der Waals surface area contributed by atoms with Crippen LogP contribution in [0, 0.1) is 5.92 Å². The molecule has 1 heterocycles. The van der Waals surface area contributed by atoms with Gasteiger partial charge in [-0.05, 0) is 72.9 Å². The topological polar surface area (TPSA) is 99.4 Å². The number of ether oxygens (including phenoxy) is 2. The summed E-state index contributed by atoms with van der Waals surface area (Å²) < 4.78 is 11.4. The molecule has 2 aromatic rings. The summed E-state index contributed by atoms with van der Waals surface area (Å²) in [5, 5.41) is 40.4. The molecule has 6 nitrogen and oxygen atoms in total. The van der Waals surface area contributed by atoms with E-state index in [0.29, 0.717) is 30.1 Å². The van der Waals surface area contributed by atoms with Crippen LogP contribution in [0.3, 0.4) is 0 Å². The Balaban J connectivity index is 1.66. The van der Waals surface area contributed by atoms with Crippen LogP contribution in [0.4, 0.5) is 0 Å². The van der Waals surface area contributed by atoms with Crippen molar-refractivity contribution in [1.29, 1.82) is 0 Å². The lowest BCUT2D eigenvalue weighted by atomic mass is 9.92. The van der Waals surface area contributed by atoms with Gasteiger partial charge in [0.25, 0.3) is 0 Å². The Labute approximate surface area is 184 Å². The average Bonchev–Trinajstić information content (AvgIpc) is 2.73. The van der Waals surface area contributed by atoms with Gasteiger partial charge in [-0.2, -0.15) is 0 Å². The van der Waals surface area contributed by atoms with Gasteiger partial charge in [-0.1, -0.05) is 26.0 Å². The van der Waals surface area contributed by atoms with Crippen LogP contribution >= 0.6 is 0 Å².